The zero-order chi connectivity index (χ0) is 15.9. The molecule has 0 aliphatic rings. The zero-order valence-corrected chi connectivity index (χ0v) is 9.04. The minimum atomic E-state index is -5.69. The van der Waals surface area contributed by atoms with E-state index in [9.17, 15) is 44.3 Å². The molecule has 0 heterocycles. The van der Waals surface area contributed by atoms with Gasteiger partial charge < -0.3 is 0 Å². The molecule has 0 spiro atoms. The first-order chi connectivity index (χ1) is 8.78. The highest BCUT2D eigenvalue weighted by atomic mass is 19.4. The van der Waals surface area contributed by atoms with Gasteiger partial charge in [-0.15, -0.1) is 0 Å². The van der Waals surface area contributed by atoms with Gasteiger partial charge >= 0.3 is 18.5 Å². The molecule has 0 bridgehead atoms. The number of aldehydes is 1. The van der Waals surface area contributed by atoms with Crippen molar-refractivity contribution in [3.05, 3.63) is 34.4 Å². The van der Waals surface area contributed by atoms with Crippen LogP contribution >= 0.6 is 0 Å². The third-order valence-electron chi connectivity index (χ3n) is 2.21. The Labute approximate surface area is 105 Å². The third kappa shape index (κ3) is 3.23. The van der Waals surface area contributed by atoms with Crippen molar-refractivity contribution >= 4 is 6.29 Å². The van der Waals surface area contributed by atoms with E-state index in [1.807, 2.05) is 0 Å². The number of alkyl halides is 9. The van der Waals surface area contributed by atoms with Crippen molar-refractivity contribution in [1.82, 2.24) is 0 Å². The lowest BCUT2D eigenvalue weighted by molar-refractivity contribution is -0.163. The second kappa shape index (κ2) is 4.67. The number of hydrogen-bond acceptors (Lipinski definition) is 1. The molecule has 0 N–H and O–H groups in total. The Kier molecular flexibility index (Phi) is 3.81. The van der Waals surface area contributed by atoms with Gasteiger partial charge in [0.1, 0.15) is 0 Å². The third-order valence-corrected chi connectivity index (χ3v) is 2.21. The lowest BCUT2D eigenvalue weighted by Crippen LogP contribution is -2.21. The van der Waals surface area contributed by atoms with E-state index in [0.717, 1.165) is 0 Å². The summed E-state index contributed by atoms with van der Waals surface area (Å²) in [6.07, 6.45) is -17.3. The average Bonchev–Trinajstić information content (AvgIpc) is 2.23. The standard InChI is InChI=1S/C10H3F9O/c11-8(12,13)5-1-4(3-20)7(10(17,18)19)6(2-5)9(14,15)16/h1-3H. The number of benzene rings is 1. The van der Waals surface area contributed by atoms with Crippen molar-refractivity contribution in [2.45, 2.75) is 18.5 Å². The van der Waals surface area contributed by atoms with E-state index in [4.69, 9.17) is 0 Å². The van der Waals surface area contributed by atoms with E-state index in [2.05, 4.69) is 0 Å². The molecule has 0 radical (unpaired) electrons. The summed E-state index contributed by atoms with van der Waals surface area (Å²) >= 11 is 0. The first-order valence-electron chi connectivity index (χ1n) is 4.63. The monoisotopic (exact) mass is 310 g/mol. The molecule has 1 nitrogen and oxygen atoms in total. The van der Waals surface area contributed by atoms with Crippen molar-refractivity contribution in [2.24, 2.45) is 0 Å². The summed E-state index contributed by atoms with van der Waals surface area (Å²) in [7, 11) is 0. The summed E-state index contributed by atoms with van der Waals surface area (Å²) in [4.78, 5) is 10.4. The Morgan fingerprint density at radius 2 is 1.25 bits per heavy atom. The summed E-state index contributed by atoms with van der Waals surface area (Å²) in [6.45, 7) is 0. The minimum absolute atomic E-state index is 0.273. The quantitative estimate of drug-likeness (QED) is 0.549. The lowest BCUT2D eigenvalue weighted by atomic mass is 9.97. The summed E-state index contributed by atoms with van der Waals surface area (Å²) in [5, 5.41) is 0. The van der Waals surface area contributed by atoms with Crippen LogP contribution < -0.4 is 0 Å². The van der Waals surface area contributed by atoms with E-state index in [1.54, 1.807) is 0 Å². The molecule has 0 atom stereocenters. The van der Waals surface area contributed by atoms with Crippen LogP contribution in [0.25, 0.3) is 0 Å². The number of hydrogen-bond donors (Lipinski definition) is 0. The van der Waals surface area contributed by atoms with Gasteiger partial charge in [0.2, 0.25) is 0 Å². The maximum Gasteiger partial charge on any atom is 0.417 e. The van der Waals surface area contributed by atoms with Crippen molar-refractivity contribution in [2.75, 3.05) is 0 Å². The summed E-state index contributed by atoms with van der Waals surface area (Å²) < 4.78 is 112. The van der Waals surface area contributed by atoms with Crippen LogP contribution in [0.1, 0.15) is 27.0 Å². The number of halogens is 9. The highest BCUT2D eigenvalue weighted by Gasteiger charge is 2.47. The van der Waals surface area contributed by atoms with Crippen LogP contribution in [0.5, 0.6) is 0 Å². The van der Waals surface area contributed by atoms with E-state index in [-0.39, 0.29) is 6.07 Å². The van der Waals surface area contributed by atoms with E-state index in [1.165, 1.54) is 0 Å². The summed E-state index contributed by atoms with van der Waals surface area (Å²) in [6, 6.07) is -0.944. The van der Waals surface area contributed by atoms with Crippen LogP contribution in [0.2, 0.25) is 0 Å². The maximum atomic E-state index is 12.5. The van der Waals surface area contributed by atoms with Gasteiger partial charge in [-0.05, 0) is 12.1 Å². The largest absolute Gasteiger partial charge is 0.417 e. The molecule has 0 fully saturated rings. The molecular formula is C10H3F9O. The minimum Gasteiger partial charge on any atom is -0.298 e. The van der Waals surface area contributed by atoms with Gasteiger partial charge in [0.05, 0.1) is 16.7 Å². The summed E-state index contributed by atoms with van der Waals surface area (Å²) in [5.74, 6) is 0. The van der Waals surface area contributed by atoms with Gasteiger partial charge in [0, 0.05) is 5.56 Å². The molecular weight excluding hydrogens is 307 g/mol. The van der Waals surface area contributed by atoms with Crippen LogP contribution in [0.15, 0.2) is 12.1 Å². The molecule has 1 rings (SSSR count). The Morgan fingerprint density at radius 1 is 0.750 bits per heavy atom. The van der Waals surface area contributed by atoms with E-state index < -0.39 is 53.1 Å². The number of carbonyl (C=O) groups excluding carboxylic acids is 1. The first-order valence-corrected chi connectivity index (χ1v) is 4.63. The molecule has 0 unspecified atom stereocenters. The molecule has 0 saturated carbocycles. The van der Waals surface area contributed by atoms with Crippen LogP contribution in [-0.4, -0.2) is 6.29 Å². The Bertz CT molecular complexity index is 521. The molecule has 0 amide bonds. The average molecular weight is 310 g/mol. The first kappa shape index (κ1) is 16.3. The molecule has 0 saturated heterocycles. The lowest BCUT2D eigenvalue weighted by Gasteiger charge is -2.19. The van der Waals surface area contributed by atoms with E-state index in [0.29, 0.717) is 0 Å². The Hall–Kier alpha value is -1.74. The van der Waals surface area contributed by atoms with Gasteiger partial charge in [-0.2, -0.15) is 39.5 Å². The van der Waals surface area contributed by atoms with Crippen molar-refractivity contribution in [1.29, 1.82) is 0 Å². The highest BCUT2D eigenvalue weighted by Crippen LogP contribution is 2.44. The van der Waals surface area contributed by atoms with Crippen molar-refractivity contribution in [3.63, 3.8) is 0 Å². The predicted octanol–water partition coefficient (Wildman–Crippen LogP) is 4.56. The zero-order valence-electron chi connectivity index (χ0n) is 9.04. The fourth-order valence-electron chi connectivity index (χ4n) is 1.46. The van der Waals surface area contributed by atoms with Crippen LogP contribution in [0, 0.1) is 0 Å². The molecule has 10 heteroatoms. The number of rotatable bonds is 1. The summed E-state index contributed by atoms with van der Waals surface area (Å²) in [5.41, 5.74) is -8.70. The normalized spacial score (nSPS) is 13.4. The molecule has 112 valence electrons. The fourth-order valence-corrected chi connectivity index (χ4v) is 1.46. The van der Waals surface area contributed by atoms with Gasteiger partial charge in [0.25, 0.3) is 0 Å². The Morgan fingerprint density at radius 3 is 1.55 bits per heavy atom. The van der Waals surface area contributed by atoms with Gasteiger partial charge in [-0.1, -0.05) is 0 Å². The highest BCUT2D eigenvalue weighted by molar-refractivity contribution is 5.79. The number of carbonyl (C=O) groups is 1. The fraction of sp³-hybridized carbons (Fsp3) is 0.300. The molecule has 1 aromatic carbocycles. The second-order valence-electron chi connectivity index (χ2n) is 3.60. The van der Waals surface area contributed by atoms with Crippen molar-refractivity contribution < 1.29 is 44.3 Å². The van der Waals surface area contributed by atoms with Crippen molar-refractivity contribution in [3.8, 4) is 0 Å². The molecule has 0 aromatic heterocycles. The second-order valence-corrected chi connectivity index (χ2v) is 3.60. The molecule has 0 aliphatic carbocycles. The van der Waals surface area contributed by atoms with Crippen LogP contribution in [0.4, 0.5) is 39.5 Å². The van der Waals surface area contributed by atoms with Gasteiger partial charge in [-0.25, -0.2) is 0 Å². The Balaban J connectivity index is 3.80. The molecule has 0 aliphatic heterocycles. The topological polar surface area (TPSA) is 17.1 Å². The van der Waals surface area contributed by atoms with E-state index >= 15 is 0 Å². The smallest absolute Gasteiger partial charge is 0.298 e. The molecule has 1 aromatic rings. The van der Waals surface area contributed by atoms with Gasteiger partial charge in [-0.3, -0.25) is 4.79 Å². The maximum absolute atomic E-state index is 12.5. The molecule has 20 heavy (non-hydrogen) atoms. The van der Waals surface area contributed by atoms with Crippen LogP contribution in [0.3, 0.4) is 0 Å². The van der Waals surface area contributed by atoms with Crippen LogP contribution in [-0.2, 0) is 18.5 Å². The SMILES string of the molecule is O=Cc1cc(C(F)(F)F)cc(C(F)(F)F)c1C(F)(F)F. The predicted molar refractivity (Wildman–Crippen MR) is 46.8 cm³/mol. The van der Waals surface area contributed by atoms with Gasteiger partial charge in [0.15, 0.2) is 6.29 Å².